The summed E-state index contributed by atoms with van der Waals surface area (Å²) >= 11 is 0. The van der Waals surface area contributed by atoms with Gasteiger partial charge in [-0.2, -0.15) is 0 Å². The Labute approximate surface area is 160 Å². The summed E-state index contributed by atoms with van der Waals surface area (Å²) in [6.07, 6.45) is 5.64. The molecule has 26 heavy (non-hydrogen) atoms. The second kappa shape index (κ2) is 11.7. The van der Waals surface area contributed by atoms with Gasteiger partial charge in [0, 0.05) is 13.5 Å². The molecule has 0 amide bonds. The highest BCUT2D eigenvalue weighted by Gasteiger charge is 2.38. The number of rotatable bonds is 4. The van der Waals surface area contributed by atoms with Gasteiger partial charge in [-0.15, -0.1) is 0 Å². The minimum Gasteiger partial charge on any atom is -0.396 e. The summed E-state index contributed by atoms with van der Waals surface area (Å²) in [6, 6.07) is 8.71. The van der Waals surface area contributed by atoms with Crippen LogP contribution in [0.2, 0.25) is 0 Å². The molecule has 1 fully saturated rings. The summed E-state index contributed by atoms with van der Waals surface area (Å²) in [5.74, 6) is -0.0781. The predicted octanol–water partition coefficient (Wildman–Crippen LogP) is 5.39. The number of carbonyl (C=O) groups is 1. The standard InChI is InChI=1S/C11H15N.C9H15NO.C3H8/c1-11(6-7-11)10-4-2-9(8-12)3-5-10;1-6(2)7(3)5-9(10)8(4)11;1-3-2/h2-5H,6-8,12H2,1H3;5H,10H2,1-4H3;3H2,1-2H3/b;9-5-;. The number of hydrogen-bond acceptors (Lipinski definition) is 3. The molecule has 0 atom stereocenters. The maximum atomic E-state index is 10.7. The van der Waals surface area contributed by atoms with E-state index < -0.39 is 0 Å². The van der Waals surface area contributed by atoms with Crippen LogP contribution in [0.15, 0.2) is 47.2 Å². The van der Waals surface area contributed by atoms with Crippen molar-refractivity contribution in [3.8, 4) is 0 Å². The Morgan fingerprint density at radius 1 is 1.08 bits per heavy atom. The normalized spacial score (nSPS) is 14.2. The summed E-state index contributed by atoms with van der Waals surface area (Å²) in [5, 5.41) is 0. The maximum absolute atomic E-state index is 10.7. The highest BCUT2D eigenvalue weighted by atomic mass is 16.1. The molecule has 0 heterocycles. The average molecular weight is 359 g/mol. The first-order chi connectivity index (χ1) is 12.1. The predicted molar refractivity (Wildman–Crippen MR) is 114 cm³/mol. The Bertz CT molecular complexity index is 616. The van der Waals surface area contributed by atoms with Gasteiger partial charge in [0.05, 0.1) is 5.70 Å². The third-order valence-corrected chi connectivity index (χ3v) is 4.45. The lowest BCUT2D eigenvalue weighted by Crippen LogP contribution is -2.06. The third-order valence-electron chi connectivity index (χ3n) is 4.45. The summed E-state index contributed by atoms with van der Waals surface area (Å²) < 4.78 is 0. The van der Waals surface area contributed by atoms with Gasteiger partial charge >= 0.3 is 0 Å². The third kappa shape index (κ3) is 9.00. The van der Waals surface area contributed by atoms with Crippen LogP contribution in [0.5, 0.6) is 0 Å². The van der Waals surface area contributed by atoms with Crippen LogP contribution >= 0.6 is 0 Å². The molecule has 0 radical (unpaired) electrons. The largest absolute Gasteiger partial charge is 0.396 e. The number of carbonyl (C=O) groups excluding carboxylic acids is 1. The van der Waals surface area contributed by atoms with Crippen LogP contribution in [-0.2, 0) is 16.8 Å². The fourth-order valence-electron chi connectivity index (χ4n) is 2.00. The molecule has 0 aromatic heterocycles. The maximum Gasteiger partial charge on any atom is 0.175 e. The molecule has 1 saturated carbocycles. The quantitative estimate of drug-likeness (QED) is 0.560. The molecular formula is C23H38N2O. The van der Waals surface area contributed by atoms with Crippen molar-refractivity contribution in [3.63, 3.8) is 0 Å². The molecule has 0 unspecified atom stereocenters. The average Bonchev–Trinajstić information content (AvgIpc) is 3.35. The van der Waals surface area contributed by atoms with E-state index in [0.29, 0.717) is 17.7 Å². The van der Waals surface area contributed by atoms with Crippen LogP contribution in [0.25, 0.3) is 0 Å². The second-order valence-electron chi connectivity index (χ2n) is 7.51. The molecule has 0 spiro atoms. The Balaban J connectivity index is 0.000000421. The van der Waals surface area contributed by atoms with Crippen molar-refractivity contribution in [1.29, 1.82) is 0 Å². The zero-order valence-electron chi connectivity index (χ0n) is 17.8. The smallest absolute Gasteiger partial charge is 0.175 e. The van der Waals surface area contributed by atoms with Crippen molar-refractivity contribution >= 4 is 5.78 Å². The van der Waals surface area contributed by atoms with Crippen molar-refractivity contribution < 1.29 is 4.79 Å². The highest BCUT2D eigenvalue weighted by Crippen LogP contribution is 2.47. The van der Waals surface area contributed by atoms with Crippen LogP contribution < -0.4 is 11.5 Å². The molecule has 1 aliphatic rings. The number of ketones is 1. The van der Waals surface area contributed by atoms with E-state index in [9.17, 15) is 4.79 Å². The minimum atomic E-state index is -0.0781. The van der Waals surface area contributed by atoms with Gasteiger partial charge in [-0.25, -0.2) is 0 Å². The van der Waals surface area contributed by atoms with E-state index in [1.165, 1.54) is 42.9 Å². The molecule has 4 N–H and O–H groups in total. The summed E-state index contributed by atoms with van der Waals surface area (Å²) in [6.45, 7) is 14.6. The highest BCUT2D eigenvalue weighted by molar-refractivity contribution is 5.92. The summed E-state index contributed by atoms with van der Waals surface area (Å²) in [7, 11) is 0. The Morgan fingerprint density at radius 3 is 1.85 bits per heavy atom. The van der Waals surface area contributed by atoms with Crippen LogP contribution in [0.4, 0.5) is 0 Å². The Hall–Kier alpha value is -1.87. The molecule has 0 saturated heterocycles. The van der Waals surface area contributed by atoms with Crippen LogP contribution in [0.3, 0.4) is 0 Å². The van der Waals surface area contributed by atoms with Gasteiger partial charge in [0.15, 0.2) is 5.78 Å². The van der Waals surface area contributed by atoms with E-state index in [4.69, 9.17) is 11.5 Å². The summed E-state index contributed by atoms with van der Waals surface area (Å²) in [4.78, 5) is 10.7. The van der Waals surface area contributed by atoms with Crippen molar-refractivity contribution in [3.05, 3.63) is 58.3 Å². The van der Waals surface area contributed by atoms with Crippen LogP contribution in [-0.4, -0.2) is 5.78 Å². The molecule has 1 aliphatic carbocycles. The number of Topliss-reactive ketones (excluding diaryl/α,β-unsaturated/α-hetero) is 1. The van der Waals surface area contributed by atoms with E-state index in [-0.39, 0.29) is 5.78 Å². The zero-order chi connectivity index (χ0) is 20.3. The molecule has 3 heteroatoms. The fourth-order valence-corrected chi connectivity index (χ4v) is 2.00. The molecule has 1 aromatic rings. The lowest BCUT2D eigenvalue weighted by Gasteiger charge is -2.08. The molecule has 3 nitrogen and oxygen atoms in total. The molecule has 2 rings (SSSR count). The Morgan fingerprint density at radius 2 is 1.54 bits per heavy atom. The van der Waals surface area contributed by atoms with E-state index >= 15 is 0 Å². The van der Waals surface area contributed by atoms with Gasteiger partial charge in [0.1, 0.15) is 0 Å². The van der Waals surface area contributed by atoms with Crippen molar-refractivity contribution in [2.45, 2.75) is 79.7 Å². The SMILES string of the molecule is CC(=O)/C(N)=C/C(C)=C(C)C.CC1(c2ccc(CN)cc2)CC1.CCC. The topological polar surface area (TPSA) is 69.1 Å². The lowest BCUT2D eigenvalue weighted by molar-refractivity contribution is -0.113. The number of benzene rings is 1. The van der Waals surface area contributed by atoms with Crippen LogP contribution in [0.1, 0.15) is 78.9 Å². The first-order valence-corrected chi connectivity index (χ1v) is 9.52. The summed E-state index contributed by atoms with van der Waals surface area (Å²) in [5.41, 5.74) is 16.7. The molecular weight excluding hydrogens is 320 g/mol. The van der Waals surface area contributed by atoms with E-state index in [1.807, 2.05) is 20.8 Å². The first kappa shape index (κ1) is 24.1. The number of allylic oxidation sites excluding steroid dienone is 4. The zero-order valence-corrected chi connectivity index (χ0v) is 17.8. The van der Waals surface area contributed by atoms with Gasteiger partial charge in [-0.05, 0) is 56.2 Å². The van der Waals surface area contributed by atoms with Crippen molar-refractivity contribution in [2.75, 3.05) is 0 Å². The molecule has 146 valence electrons. The number of nitrogens with two attached hydrogens (primary N) is 2. The monoisotopic (exact) mass is 358 g/mol. The van der Waals surface area contributed by atoms with E-state index in [2.05, 4.69) is 45.0 Å². The van der Waals surface area contributed by atoms with E-state index in [1.54, 1.807) is 6.08 Å². The molecule has 1 aromatic carbocycles. The van der Waals surface area contributed by atoms with Gasteiger partial charge in [0.2, 0.25) is 0 Å². The van der Waals surface area contributed by atoms with Crippen LogP contribution in [0, 0.1) is 0 Å². The van der Waals surface area contributed by atoms with Gasteiger partial charge in [-0.3, -0.25) is 4.79 Å². The first-order valence-electron chi connectivity index (χ1n) is 9.52. The van der Waals surface area contributed by atoms with Crippen molar-refractivity contribution in [1.82, 2.24) is 0 Å². The Kier molecular flexibility index (Phi) is 10.8. The second-order valence-corrected chi connectivity index (χ2v) is 7.51. The lowest BCUT2D eigenvalue weighted by atomic mass is 9.97. The molecule has 0 bridgehead atoms. The molecule has 0 aliphatic heterocycles. The van der Waals surface area contributed by atoms with Gasteiger partial charge < -0.3 is 11.5 Å². The number of hydrogen-bond donors (Lipinski definition) is 2. The van der Waals surface area contributed by atoms with E-state index in [0.717, 1.165) is 5.57 Å². The van der Waals surface area contributed by atoms with Crippen molar-refractivity contribution in [2.24, 2.45) is 11.5 Å². The fraction of sp³-hybridized carbons (Fsp3) is 0.522. The minimum absolute atomic E-state index is 0.0781. The van der Waals surface area contributed by atoms with Gasteiger partial charge in [0.25, 0.3) is 0 Å². The van der Waals surface area contributed by atoms with Gasteiger partial charge in [-0.1, -0.05) is 62.6 Å².